The number of nitrogens with zero attached hydrogens (tertiary/aromatic N) is 2. The second-order valence-electron chi connectivity index (χ2n) is 6.89. The summed E-state index contributed by atoms with van der Waals surface area (Å²) in [6.45, 7) is 3.28. The number of aryl methyl sites for hydroxylation is 1. The van der Waals surface area contributed by atoms with Crippen molar-refractivity contribution in [2.75, 3.05) is 7.11 Å². The summed E-state index contributed by atoms with van der Waals surface area (Å²) in [6.07, 6.45) is 1.62. The number of furan rings is 1. The molecule has 1 amide bonds. The maximum atomic E-state index is 13.4. The zero-order valence-corrected chi connectivity index (χ0v) is 18.9. The molecule has 1 aromatic carbocycles. The third kappa shape index (κ3) is 5.34. The van der Waals surface area contributed by atoms with Crippen molar-refractivity contribution < 1.29 is 18.7 Å². The Balaban J connectivity index is 1.54. The highest BCUT2D eigenvalue weighted by atomic mass is 32.1. The number of carbonyl (C=O) groups is 1. The monoisotopic (exact) mass is 454 g/mol. The molecule has 0 aliphatic rings. The highest BCUT2D eigenvalue weighted by molar-refractivity contribution is 7.11. The smallest absolute Gasteiger partial charge is 0.254 e. The van der Waals surface area contributed by atoms with Gasteiger partial charge in [0.25, 0.3) is 5.91 Å². The van der Waals surface area contributed by atoms with E-state index in [-0.39, 0.29) is 5.91 Å². The molecule has 8 heteroatoms. The van der Waals surface area contributed by atoms with Gasteiger partial charge in [-0.3, -0.25) is 4.79 Å². The van der Waals surface area contributed by atoms with Crippen LogP contribution in [0, 0.1) is 6.92 Å². The standard InChI is InChI=1S/C23H22N2O4S2/c1-16-5-7-20(31-16)12-25(11-19-4-3-9-28-19)23(26)17-6-8-21(22(10-17)27-2)29-13-18-14-30-15-24-18/h3-10,14-15H,11-13H2,1-2H3. The molecule has 0 radical (unpaired) electrons. The van der Waals surface area contributed by atoms with Crippen LogP contribution in [0.25, 0.3) is 0 Å². The molecule has 0 spiro atoms. The van der Waals surface area contributed by atoms with Gasteiger partial charge in [0.1, 0.15) is 12.4 Å². The fourth-order valence-corrected chi connectivity index (χ4v) is 4.56. The molecule has 6 nitrogen and oxygen atoms in total. The molecule has 0 N–H and O–H groups in total. The molecule has 0 saturated heterocycles. The summed E-state index contributed by atoms with van der Waals surface area (Å²) in [5.41, 5.74) is 3.14. The third-order valence-corrected chi connectivity index (χ3v) is 6.25. The van der Waals surface area contributed by atoms with Crippen LogP contribution in [0.15, 0.2) is 64.0 Å². The number of aromatic nitrogens is 1. The lowest BCUT2D eigenvalue weighted by atomic mass is 10.1. The van der Waals surface area contributed by atoms with Crippen LogP contribution in [0.3, 0.4) is 0 Å². The van der Waals surface area contributed by atoms with Crippen molar-refractivity contribution in [1.29, 1.82) is 0 Å². The van der Waals surface area contributed by atoms with Crippen LogP contribution in [-0.4, -0.2) is 22.9 Å². The number of hydrogen-bond donors (Lipinski definition) is 0. The molecular formula is C23H22N2O4S2. The van der Waals surface area contributed by atoms with Gasteiger partial charge in [0.05, 0.1) is 37.7 Å². The summed E-state index contributed by atoms with van der Waals surface area (Å²) in [4.78, 5) is 21.7. The number of carbonyl (C=O) groups excluding carboxylic acids is 1. The van der Waals surface area contributed by atoms with E-state index in [1.54, 1.807) is 53.3 Å². The predicted octanol–water partition coefficient (Wildman–Crippen LogP) is 5.54. The van der Waals surface area contributed by atoms with Crippen molar-refractivity contribution in [3.8, 4) is 11.5 Å². The lowest BCUT2D eigenvalue weighted by molar-refractivity contribution is 0.0719. The quantitative estimate of drug-likeness (QED) is 0.332. The van der Waals surface area contributed by atoms with E-state index in [2.05, 4.69) is 24.0 Å². The van der Waals surface area contributed by atoms with Gasteiger partial charge in [-0.25, -0.2) is 4.98 Å². The number of amides is 1. The van der Waals surface area contributed by atoms with Gasteiger partial charge in [-0.1, -0.05) is 0 Å². The minimum atomic E-state index is -0.105. The van der Waals surface area contributed by atoms with E-state index in [4.69, 9.17) is 13.9 Å². The topological polar surface area (TPSA) is 64.8 Å². The van der Waals surface area contributed by atoms with Crippen molar-refractivity contribution >= 4 is 28.6 Å². The Kier molecular flexibility index (Phi) is 6.69. The molecule has 31 heavy (non-hydrogen) atoms. The summed E-state index contributed by atoms with van der Waals surface area (Å²) in [6, 6.07) is 13.1. The Bertz CT molecular complexity index is 1120. The molecule has 0 saturated carbocycles. The maximum absolute atomic E-state index is 13.4. The number of methoxy groups -OCH3 is 1. The molecule has 3 aromatic heterocycles. The van der Waals surface area contributed by atoms with Gasteiger partial charge in [0.2, 0.25) is 0 Å². The summed E-state index contributed by atoms with van der Waals surface area (Å²) in [7, 11) is 1.56. The minimum Gasteiger partial charge on any atom is -0.493 e. The highest BCUT2D eigenvalue weighted by Gasteiger charge is 2.20. The highest BCUT2D eigenvalue weighted by Crippen LogP contribution is 2.30. The molecule has 0 bridgehead atoms. The first-order valence-corrected chi connectivity index (χ1v) is 11.4. The molecule has 4 aromatic rings. The average Bonchev–Trinajstić information content (AvgIpc) is 3.55. The molecule has 0 aliphatic carbocycles. The van der Waals surface area contributed by atoms with E-state index in [9.17, 15) is 4.79 Å². The first kappa shape index (κ1) is 21.1. The molecular weight excluding hydrogens is 432 g/mol. The Morgan fingerprint density at radius 3 is 2.74 bits per heavy atom. The Morgan fingerprint density at radius 2 is 2.06 bits per heavy atom. The lowest BCUT2D eigenvalue weighted by Crippen LogP contribution is -2.29. The number of thiophene rings is 1. The van der Waals surface area contributed by atoms with Gasteiger partial charge < -0.3 is 18.8 Å². The van der Waals surface area contributed by atoms with Crippen LogP contribution in [0.5, 0.6) is 11.5 Å². The molecule has 4 rings (SSSR count). The number of thiazole rings is 1. The van der Waals surface area contributed by atoms with Crippen molar-refractivity contribution in [3.05, 3.63) is 86.4 Å². The summed E-state index contributed by atoms with van der Waals surface area (Å²) < 4.78 is 16.8. The normalized spacial score (nSPS) is 10.8. The largest absolute Gasteiger partial charge is 0.493 e. The SMILES string of the molecule is COc1cc(C(=O)N(Cc2ccco2)Cc2ccc(C)s2)ccc1OCc1cscn1. The van der Waals surface area contributed by atoms with E-state index in [1.165, 1.54) is 16.2 Å². The second kappa shape index (κ2) is 9.80. The zero-order valence-electron chi connectivity index (χ0n) is 17.2. The molecule has 0 fully saturated rings. The van der Waals surface area contributed by atoms with Gasteiger partial charge in [-0.15, -0.1) is 22.7 Å². The lowest BCUT2D eigenvalue weighted by Gasteiger charge is -2.22. The van der Waals surface area contributed by atoms with Crippen LogP contribution in [0.4, 0.5) is 0 Å². The second-order valence-corrected chi connectivity index (χ2v) is 8.98. The number of hydrogen-bond acceptors (Lipinski definition) is 7. The first-order valence-electron chi connectivity index (χ1n) is 9.67. The van der Waals surface area contributed by atoms with Crippen LogP contribution < -0.4 is 9.47 Å². The minimum absolute atomic E-state index is 0.105. The number of benzene rings is 1. The zero-order chi connectivity index (χ0) is 21.6. The van der Waals surface area contributed by atoms with E-state index in [0.717, 1.165) is 16.3 Å². The fourth-order valence-electron chi connectivity index (χ4n) is 3.11. The van der Waals surface area contributed by atoms with E-state index in [0.29, 0.717) is 36.8 Å². The average molecular weight is 455 g/mol. The van der Waals surface area contributed by atoms with Crippen molar-refractivity contribution in [2.45, 2.75) is 26.6 Å². The van der Waals surface area contributed by atoms with Gasteiger partial charge in [-0.05, 0) is 49.4 Å². The summed E-state index contributed by atoms with van der Waals surface area (Å²) in [5, 5.41) is 1.93. The first-order chi connectivity index (χ1) is 15.1. The predicted molar refractivity (Wildman–Crippen MR) is 121 cm³/mol. The van der Waals surface area contributed by atoms with Crippen molar-refractivity contribution in [3.63, 3.8) is 0 Å². The van der Waals surface area contributed by atoms with Gasteiger partial charge in [-0.2, -0.15) is 0 Å². The molecule has 0 aliphatic heterocycles. The van der Waals surface area contributed by atoms with Crippen LogP contribution in [-0.2, 0) is 19.7 Å². The third-order valence-electron chi connectivity index (χ3n) is 4.63. The fraction of sp³-hybridized carbons (Fsp3) is 0.217. The van der Waals surface area contributed by atoms with Gasteiger partial charge in [0, 0.05) is 20.7 Å². The Morgan fingerprint density at radius 1 is 1.16 bits per heavy atom. The van der Waals surface area contributed by atoms with Crippen LogP contribution in [0.1, 0.15) is 31.6 Å². The summed E-state index contributed by atoms with van der Waals surface area (Å²) in [5.74, 6) is 1.70. The molecule has 3 heterocycles. The van der Waals surface area contributed by atoms with Crippen LogP contribution in [0.2, 0.25) is 0 Å². The van der Waals surface area contributed by atoms with Crippen LogP contribution >= 0.6 is 22.7 Å². The Labute approximate surface area is 188 Å². The summed E-state index contributed by atoms with van der Waals surface area (Å²) >= 11 is 3.20. The van der Waals surface area contributed by atoms with Gasteiger partial charge in [0.15, 0.2) is 11.5 Å². The molecule has 0 atom stereocenters. The molecule has 0 unspecified atom stereocenters. The maximum Gasteiger partial charge on any atom is 0.254 e. The number of rotatable bonds is 9. The van der Waals surface area contributed by atoms with Crippen molar-refractivity contribution in [2.24, 2.45) is 0 Å². The number of ether oxygens (including phenoxy) is 2. The Hall–Kier alpha value is -3.10. The van der Waals surface area contributed by atoms with E-state index >= 15 is 0 Å². The van der Waals surface area contributed by atoms with Crippen molar-refractivity contribution in [1.82, 2.24) is 9.88 Å². The van der Waals surface area contributed by atoms with E-state index in [1.807, 2.05) is 17.5 Å². The van der Waals surface area contributed by atoms with Gasteiger partial charge >= 0.3 is 0 Å². The van der Waals surface area contributed by atoms with E-state index < -0.39 is 0 Å². The molecule has 160 valence electrons.